The van der Waals surface area contributed by atoms with Crippen molar-refractivity contribution in [3.05, 3.63) is 59.2 Å². The SMILES string of the molecule is COc1cccc2c(Nc3ccc(Cl)cc3)c(C#N)cnc12.Cl. The van der Waals surface area contributed by atoms with E-state index in [4.69, 9.17) is 16.3 Å². The number of para-hydroxylation sites is 1. The summed E-state index contributed by atoms with van der Waals surface area (Å²) in [6.45, 7) is 0. The number of nitriles is 1. The summed E-state index contributed by atoms with van der Waals surface area (Å²) >= 11 is 5.90. The molecule has 0 amide bonds. The molecule has 0 aliphatic heterocycles. The monoisotopic (exact) mass is 345 g/mol. The lowest BCUT2D eigenvalue weighted by Gasteiger charge is -2.13. The highest BCUT2D eigenvalue weighted by Crippen LogP contribution is 2.33. The number of rotatable bonds is 3. The van der Waals surface area contributed by atoms with E-state index >= 15 is 0 Å². The molecule has 3 aromatic rings. The number of hydrogen-bond donors (Lipinski definition) is 1. The van der Waals surface area contributed by atoms with E-state index in [2.05, 4.69) is 16.4 Å². The van der Waals surface area contributed by atoms with E-state index < -0.39 is 0 Å². The third kappa shape index (κ3) is 3.31. The summed E-state index contributed by atoms with van der Waals surface area (Å²) in [5, 5.41) is 14.1. The Bertz CT molecular complexity index is 873. The van der Waals surface area contributed by atoms with Crippen LogP contribution in [0.15, 0.2) is 48.7 Å². The van der Waals surface area contributed by atoms with E-state index in [1.165, 1.54) is 0 Å². The molecule has 0 saturated carbocycles. The molecule has 0 radical (unpaired) electrons. The third-order valence-electron chi connectivity index (χ3n) is 3.31. The fourth-order valence-corrected chi connectivity index (χ4v) is 2.38. The highest BCUT2D eigenvalue weighted by atomic mass is 35.5. The average molecular weight is 346 g/mol. The van der Waals surface area contributed by atoms with Gasteiger partial charge < -0.3 is 10.1 Å². The maximum absolute atomic E-state index is 9.34. The van der Waals surface area contributed by atoms with Crippen LogP contribution in [-0.4, -0.2) is 12.1 Å². The van der Waals surface area contributed by atoms with Crippen molar-refractivity contribution in [2.75, 3.05) is 12.4 Å². The van der Waals surface area contributed by atoms with Crippen LogP contribution in [0.2, 0.25) is 5.02 Å². The second kappa shape index (κ2) is 7.19. The Kier molecular flexibility index (Phi) is 5.28. The predicted molar refractivity (Wildman–Crippen MR) is 95.0 cm³/mol. The van der Waals surface area contributed by atoms with Crippen molar-refractivity contribution in [1.29, 1.82) is 5.26 Å². The summed E-state index contributed by atoms with van der Waals surface area (Å²) < 4.78 is 5.33. The minimum absolute atomic E-state index is 0. The minimum atomic E-state index is 0. The van der Waals surface area contributed by atoms with Gasteiger partial charge in [0.05, 0.1) is 18.4 Å². The molecule has 23 heavy (non-hydrogen) atoms. The van der Waals surface area contributed by atoms with Gasteiger partial charge in [-0.3, -0.25) is 4.98 Å². The van der Waals surface area contributed by atoms with Gasteiger partial charge in [-0.05, 0) is 30.3 Å². The van der Waals surface area contributed by atoms with Gasteiger partial charge in [0.1, 0.15) is 17.3 Å². The number of methoxy groups -OCH3 is 1. The Labute approximate surface area is 145 Å². The fourth-order valence-electron chi connectivity index (χ4n) is 2.26. The highest BCUT2D eigenvalue weighted by molar-refractivity contribution is 6.30. The van der Waals surface area contributed by atoms with Gasteiger partial charge in [0.25, 0.3) is 0 Å². The van der Waals surface area contributed by atoms with Gasteiger partial charge in [0.2, 0.25) is 0 Å². The van der Waals surface area contributed by atoms with Gasteiger partial charge in [0, 0.05) is 22.3 Å². The first-order valence-electron chi connectivity index (χ1n) is 6.61. The summed E-state index contributed by atoms with van der Waals surface area (Å²) in [4.78, 5) is 4.33. The average Bonchev–Trinajstić information content (AvgIpc) is 2.56. The van der Waals surface area contributed by atoms with Crippen molar-refractivity contribution < 1.29 is 4.74 Å². The van der Waals surface area contributed by atoms with Gasteiger partial charge in [-0.15, -0.1) is 12.4 Å². The first-order valence-corrected chi connectivity index (χ1v) is 6.99. The van der Waals surface area contributed by atoms with E-state index in [-0.39, 0.29) is 12.4 Å². The lowest BCUT2D eigenvalue weighted by Crippen LogP contribution is -1.97. The molecule has 2 aromatic carbocycles. The van der Waals surface area contributed by atoms with E-state index in [0.29, 0.717) is 27.5 Å². The second-order valence-electron chi connectivity index (χ2n) is 4.65. The molecule has 1 aromatic heterocycles. The number of nitrogens with zero attached hydrogens (tertiary/aromatic N) is 2. The van der Waals surface area contributed by atoms with E-state index in [0.717, 1.165) is 11.1 Å². The zero-order valence-electron chi connectivity index (χ0n) is 12.2. The van der Waals surface area contributed by atoms with Gasteiger partial charge in [-0.25, -0.2) is 0 Å². The molecule has 0 spiro atoms. The van der Waals surface area contributed by atoms with Crippen molar-refractivity contribution >= 4 is 46.3 Å². The Morgan fingerprint density at radius 2 is 1.91 bits per heavy atom. The molecule has 0 bridgehead atoms. The molecular weight excluding hydrogens is 333 g/mol. The molecule has 0 aliphatic carbocycles. The lowest BCUT2D eigenvalue weighted by molar-refractivity contribution is 0.419. The predicted octanol–water partition coefficient (Wildman–Crippen LogP) is 4.93. The molecule has 0 unspecified atom stereocenters. The van der Waals surface area contributed by atoms with Crippen LogP contribution >= 0.6 is 24.0 Å². The number of fused-ring (bicyclic) bond motifs is 1. The quantitative estimate of drug-likeness (QED) is 0.730. The molecule has 0 aliphatic rings. The second-order valence-corrected chi connectivity index (χ2v) is 5.08. The van der Waals surface area contributed by atoms with Crippen LogP contribution in [0, 0.1) is 11.3 Å². The number of nitrogens with one attached hydrogen (secondary N) is 1. The largest absolute Gasteiger partial charge is 0.494 e. The topological polar surface area (TPSA) is 57.9 Å². The van der Waals surface area contributed by atoms with Crippen molar-refractivity contribution in [1.82, 2.24) is 4.98 Å². The zero-order valence-corrected chi connectivity index (χ0v) is 13.8. The van der Waals surface area contributed by atoms with Crippen LogP contribution in [0.4, 0.5) is 11.4 Å². The van der Waals surface area contributed by atoms with E-state index in [1.807, 2.05) is 30.3 Å². The number of anilines is 2. The lowest BCUT2D eigenvalue weighted by atomic mass is 10.1. The number of pyridine rings is 1. The molecule has 1 heterocycles. The Balaban J connectivity index is 0.00000192. The maximum atomic E-state index is 9.34. The van der Waals surface area contributed by atoms with Crippen LogP contribution in [0.1, 0.15) is 5.56 Å². The van der Waals surface area contributed by atoms with Crippen molar-refractivity contribution in [3.8, 4) is 11.8 Å². The molecule has 116 valence electrons. The Morgan fingerprint density at radius 1 is 1.17 bits per heavy atom. The van der Waals surface area contributed by atoms with Crippen molar-refractivity contribution in [2.24, 2.45) is 0 Å². The van der Waals surface area contributed by atoms with Gasteiger partial charge in [0.15, 0.2) is 0 Å². The number of hydrogen-bond acceptors (Lipinski definition) is 4. The minimum Gasteiger partial charge on any atom is -0.494 e. The smallest absolute Gasteiger partial charge is 0.145 e. The molecular formula is C17H13Cl2N3O. The fraction of sp³-hybridized carbons (Fsp3) is 0.0588. The number of benzene rings is 2. The van der Waals surface area contributed by atoms with Crippen molar-refractivity contribution in [2.45, 2.75) is 0 Å². The Morgan fingerprint density at radius 3 is 2.57 bits per heavy atom. The summed E-state index contributed by atoms with van der Waals surface area (Å²) in [6, 6.07) is 15.1. The van der Waals surface area contributed by atoms with E-state index in [1.54, 1.807) is 25.4 Å². The van der Waals surface area contributed by atoms with Crippen LogP contribution in [0.5, 0.6) is 5.75 Å². The Hall–Kier alpha value is -2.48. The summed E-state index contributed by atoms with van der Waals surface area (Å²) in [7, 11) is 1.60. The number of ether oxygens (including phenoxy) is 1. The molecule has 3 rings (SSSR count). The molecule has 0 atom stereocenters. The first-order chi connectivity index (χ1) is 10.7. The molecule has 4 nitrogen and oxygen atoms in total. The first kappa shape index (κ1) is 16.9. The molecule has 0 fully saturated rings. The van der Waals surface area contributed by atoms with Gasteiger partial charge in [-0.2, -0.15) is 5.26 Å². The van der Waals surface area contributed by atoms with E-state index in [9.17, 15) is 5.26 Å². The van der Waals surface area contributed by atoms with Crippen LogP contribution in [0.25, 0.3) is 10.9 Å². The number of halogens is 2. The van der Waals surface area contributed by atoms with Crippen molar-refractivity contribution in [3.63, 3.8) is 0 Å². The summed E-state index contributed by atoms with van der Waals surface area (Å²) in [5.74, 6) is 0.668. The highest BCUT2D eigenvalue weighted by Gasteiger charge is 2.12. The summed E-state index contributed by atoms with van der Waals surface area (Å²) in [6.07, 6.45) is 1.54. The standard InChI is InChI=1S/C17H12ClN3O.ClH/c1-22-15-4-2-3-14-16(11(9-19)10-20-17(14)15)21-13-7-5-12(18)6-8-13;/h2-8,10H,1H3,(H,20,21);1H. The van der Waals surface area contributed by atoms with Gasteiger partial charge >= 0.3 is 0 Å². The maximum Gasteiger partial charge on any atom is 0.145 e. The third-order valence-corrected chi connectivity index (χ3v) is 3.57. The zero-order chi connectivity index (χ0) is 15.5. The normalized spacial score (nSPS) is 9.78. The number of aromatic nitrogens is 1. The van der Waals surface area contributed by atoms with Crippen LogP contribution in [0.3, 0.4) is 0 Å². The molecule has 0 saturated heterocycles. The molecule has 6 heteroatoms. The van der Waals surface area contributed by atoms with Crippen LogP contribution in [-0.2, 0) is 0 Å². The van der Waals surface area contributed by atoms with Gasteiger partial charge in [-0.1, -0.05) is 23.7 Å². The van der Waals surface area contributed by atoms with Crippen LogP contribution < -0.4 is 10.1 Å². The summed E-state index contributed by atoms with van der Waals surface area (Å²) in [5.41, 5.74) is 2.72. The molecule has 1 N–H and O–H groups in total.